The largest absolute Gasteiger partial charge is 0.444 e. The lowest BCUT2D eigenvalue weighted by molar-refractivity contribution is -0.146. The van der Waals surface area contributed by atoms with Crippen LogP contribution in [0, 0.1) is 13.8 Å². The molecular weight excluding hydrogens is 454 g/mol. The van der Waals surface area contributed by atoms with E-state index in [0.29, 0.717) is 13.0 Å². The standard InChI is InChI=1S/C29H41N3O4/c1-9-29(7,8)32(24(33)19-31-27(35)36-28(4,5)6)25(23-16-20(2)15-21(3)17-23)26(34)30-18-22-13-11-10-12-14-22/h10-17,25H,9,18-19H2,1-8H3,(H,30,34)(H,31,35). The van der Waals surface area contributed by atoms with Gasteiger partial charge in [0.1, 0.15) is 18.2 Å². The molecule has 0 bridgehead atoms. The van der Waals surface area contributed by atoms with Crippen molar-refractivity contribution in [2.75, 3.05) is 6.54 Å². The van der Waals surface area contributed by atoms with Gasteiger partial charge in [0.2, 0.25) is 11.8 Å². The molecule has 0 aromatic heterocycles. The number of nitrogens with zero attached hydrogens (tertiary/aromatic N) is 1. The SMILES string of the molecule is CCC(C)(C)N(C(=O)CNC(=O)OC(C)(C)C)C(C(=O)NCc1ccccc1)c1cc(C)cc(C)c1. The number of nitrogens with one attached hydrogen (secondary N) is 2. The number of rotatable bonds is 9. The van der Waals surface area contributed by atoms with Crippen molar-refractivity contribution in [2.45, 2.75) is 85.5 Å². The van der Waals surface area contributed by atoms with Crippen LogP contribution in [0.3, 0.4) is 0 Å². The Morgan fingerprint density at radius 3 is 2.03 bits per heavy atom. The van der Waals surface area contributed by atoms with E-state index in [-0.39, 0.29) is 18.4 Å². The van der Waals surface area contributed by atoms with Crippen LogP contribution in [-0.4, -0.2) is 40.5 Å². The number of alkyl carbamates (subject to hydrolysis) is 1. The van der Waals surface area contributed by atoms with Crippen LogP contribution in [0.5, 0.6) is 0 Å². The smallest absolute Gasteiger partial charge is 0.408 e. The first-order valence-electron chi connectivity index (χ1n) is 12.4. The maximum absolute atomic E-state index is 13.8. The number of ether oxygens (including phenoxy) is 1. The Kier molecular flexibility index (Phi) is 9.68. The molecule has 1 atom stereocenters. The highest BCUT2D eigenvalue weighted by Crippen LogP contribution is 2.32. The minimum atomic E-state index is -0.879. The van der Waals surface area contributed by atoms with E-state index >= 15 is 0 Å². The Balaban J connectivity index is 2.44. The van der Waals surface area contributed by atoms with E-state index in [2.05, 4.69) is 10.6 Å². The number of carbonyl (C=O) groups excluding carboxylic acids is 3. The van der Waals surface area contributed by atoms with Gasteiger partial charge in [0.25, 0.3) is 0 Å². The highest BCUT2D eigenvalue weighted by molar-refractivity contribution is 5.91. The van der Waals surface area contributed by atoms with Crippen LogP contribution in [0.15, 0.2) is 48.5 Å². The van der Waals surface area contributed by atoms with Crippen molar-refractivity contribution in [3.8, 4) is 0 Å². The van der Waals surface area contributed by atoms with Gasteiger partial charge in [-0.25, -0.2) is 4.79 Å². The van der Waals surface area contributed by atoms with Crippen molar-refractivity contribution < 1.29 is 19.1 Å². The molecule has 0 aliphatic heterocycles. The summed E-state index contributed by atoms with van der Waals surface area (Å²) in [6.07, 6.45) is -0.0695. The predicted octanol–water partition coefficient (Wildman–Crippen LogP) is 5.20. The minimum Gasteiger partial charge on any atom is -0.444 e. The van der Waals surface area contributed by atoms with Crippen molar-refractivity contribution in [3.05, 3.63) is 70.8 Å². The summed E-state index contributed by atoms with van der Waals surface area (Å²) < 4.78 is 5.29. The normalized spacial score (nSPS) is 12.4. The lowest BCUT2D eigenvalue weighted by Crippen LogP contribution is -2.56. The predicted molar refractivity (Wildman–Crippen MR) is 142 cm³/mol. The van der Waals surface area contributed by atoms with E-state index in [4.69, 9.17) is 4.74 Å². The molecule has 36 heavy (non-hydrogen) atoms. The molecule has 2 N–H and O–H groups in total. The van der Waals surface area contributed by atoms with Crippen LogP contribution in [0.25, 0.3) is 0 Å². The Morgan fingerprint density at radius 1 is 0.917 bits per heavy atom. The topological polar surface area (TPSA) is 87.7 Å². The summed E-state index contributed by atoms with van der Waals surface area (Å²) in [5, 5.41) is 5.58. The van der Waals surface area contributed by atoms with Crippen LogP contribution < -0.4 is 10.6 Å². The van der Waals surface area contributed by atoms with Gasteiger partial charge in [-0.15, -0.1) is 0 Å². The van der Waals surface area contributed by atoms with E-state index in [1.807, 2.05) is 83.1 Å². The Hall–Kier alpha value is -3.35. The van der Waals surface area contributed by atoms with Crippen molar-refractivity contribution in [1.29, 1.82) is 0 Å². The number of benzene rings is 2. The fourth-order valence-corrected chi connectivity index (χ4v) is 4.02. The molecule has 2 aromatic carbocycles. The average molecular weight is 496 g/mol. The zero-order chi connectivity index (χ0) is 27.1. The molecule has 0 saturated carbocycles. The average Bonchev–Trinajstić information content (AvgIpc) is 2.78. The first kappa shape index (κ1) is 28.9. The molecule has 0 spiro atoms. The first-order valence-corrected chi connectivity index (χ1v) is 12.4. The minimum absolute atomic E-state index is 0.281. The van der Waals surface area contributed by atoms with E-state index in [1.165, 1.54) is 0 Å². The molecule has 0 saturated heterocycles. The third-order valence-corrected chi connectivity index (χ3v) is 5.94. The molecule has 1 unspecified atom stereocenters. The fraction of sp³-hybridized carbons (Fsp3) is 0.483. The second kappa shape index (κ2) is 12.1. The quantitative estimate of drug-likeness (QED) is 0.500. The van der Waals surface area contributed by atoms with E-state index < -0.39 is 23.3 Å². The van der Waals surface area contributed by atoms with Crippen LogP contribution in [0.2, 0.25) is 0 Å². The third-order valence-electron chi connectivity index (χ3n) is 5.94. The molecule has 2 rings (SSSR count). The lowest BCUT2D eigenvalue weighted by Gasteiger charge is -2.43. The monoisotopic (exact) mass is 495 g/mol. The zero-order valence-corrected chi connectivity index (χ0v) is 22.9. The molecule has 2 aromatic rings. The van der Waals surface area contributed by atoms with Crippen molar-refractivity contribution in [3.63, 3.8) is 0 Å². The molecule has 7 heteroatoms. The van der Waals surface area contributed by atoms with Crippen LogP contribution in [-0.2, 0) is 20.9 Å². The molecule has 3 amide bonds. The molecule has 0 aliphatic rings. The van der Waals surface area contributed by atoms with Gasteiger partial charge in [0, 0.05) is 12.1 Å². The number of amides is 3. The number of aryl methyl sites for hydroxylation is 2. The maximum Gasteiger partial charge on any atom is 0.408 e. The van der Waals surface area contributed by atoms with Crippen LogP contribution in [0.1, 0.15) is 76.3 Å². The summed E-state index contributed by atoms with van der Waals surface area (Å²) in [4.78, 5) is 41.3. The second-order valence-electron chi connectivity index (χ2n) is 10.8. The van der Waals surface area contributed by atoms with Crippen LogP contribution >= 0.6 is 0 Å². The van der Waals surface area contributed by atoms with E-state index in [1.54, 1.807) is 25.7 Å². The van der Waals surface area contributed by atoms with Gasteiger partial charge in [0.05, 0.1) is 0 Å². The molecule has 0 fully saturated rings. The van der Waals surface area contributed by atoms with Gasteiger partial charge >= 0.3 is 6.09 Å². The highest BCUT2D eigenvalue weighted by Gasteiger charge is 2.40. The number of carbonyl (C=O) groups is 3. The lowest BCUT2D eigenvalue weighted by atomic mass is 9.91. The summed E-state index contributed by atoms with van der Waals surface area (Å²) in [6.45, 7) is 15.1. The maximum atomic E-state index is 13.8. The molecule has 7 nitrogen and oxygen atoms in total. The Morgan fingerprint density at radius 2 is 1.50 bits per heavy atom. The molecule has 196 valence electrons. The van der Waals surface area contributed by atoms with Crippen LogP contribution in [0.4, 0.5) is 4.79 Å². The molecule has 0 radical (unpaired) electrons. The van der Waals surface area contributed by atoms with Gasteiger partial charge in [-0.05, 0) is 66.0 Å². The Labute approximate surface area is 215 Å². The number of hydrogen-bond donors (Lipinski definition) is 2. The van der Waals surface area contributed by atoms with Crippen molar-refractivity contribution in [1.82, 2.24) is 15.5 Å². The van der Waals surface area contributed by atoms with Gasteiger partial charge < -0.3 is 20.3 Å². The second-order valence-corrected chi connectivity index (χ2v) is 10.8. The van der Waals surface area contributed by atoms with Gasteiger partial charge in [-0.1, -0.05) is 66.6 Å². The summed E-state index contributed by atoms with van der Waals surface area (Å²) in [6, 6.07) is 14.7. The van der Waals surface area contributed by atoms with Crippen molar-refractivity contribution >= 4 is 17.9 Å². The number of hydrogen-bond acceptors (Lipinski definition) is 4. The molecule has 0 heterocycles. The Bertz CT molecular complexity index is 1040. The summed E-state index contributed by atoms with van der Waals surface area (Å²) >= 11 is 0. The summed E-state index contributed by atoms with van der Waals surface area (Å²) in [5.41, 5.74) is 2.33. The van der Waals surface area contributed by atoms with E-state index in [0.717, 1.165) is 22.3 Å². The zero-order valence-electron chi connectivity index (χ0n) is 22.9. The van der Waals surface area contributed by atoms with Crippen molar-refractivity contribution in [2.24, 2.45) is 0 Å². The third kappa shape index (κ3) is 8.40. The first-order chi connectivity index (χ1) is 16.7. The van der Waals surface area contributed by atoms with Gasteiger partial charge in [-0.3, -0.25) is 9.59 Å². The molecular formula is C29H41N3O4. The molecule has 0 aliphatic carbocycles. The fourth-order valence-electron chi connectivity index (χ4n) is 4.02. The highest BCUT2D eigenvalue weighted by atomic mass is 16.6. The van der Waals surface area contributed by atoms with Gasteiger partial charge in [0.15, 0.2) is 0 Å². The van der Waals surface area contributed by atoms with E-state index in [9.17, 15) is 14.4 Å². The van der Waals surface area contributed by atoms with Gasteiger partial charge in [-0.2, -0.15) is 0 Å². The summed E-state index contributed by atoms with van der Waals surface area (Å²) in [7, 11) is 0. The summed E-state index contributed by atoms with van der Waals surface area (Å²) in [5.74, 6) is -0.650.